The molecule has 1 N–H and O–H groups in total. The van der Waals surface area contributed by atoms with E-state index >= 15 is 0 Å². The molecule has 4 aromatic rings. The van der Waals surface area contributed by atoms with Gasteiger partial charge in [0.15, 0.2) is 5.13 Å². The predicted molar refractivity (Wildman–Crippen MR) is 131 cm³/mol. The molecule has 0 aliphatic heterocycles. The lowest BCUT2D eigenvalue weighted by Crippen LogP contribution is -2.15. The van der Waals surface area contributed by atoms with Crippen LogP contribution >= 0.6 is 11.3 Å². The van der Waals surface area contributed by atoms with Crippen LogP contribution in [0, 0.1) is 6.92 Å². The standard InChI is InChI=1S/C26H23N3OS/c1-17-11-13-20(14-12-17)18(2)24(25(30)29-26-27-15-16-31-26)28-19(3)22-10-6-8-21-7-4-5-9-23(21)22/h4-16H,1-3H3,(H,27,29,30)/b24-18+,28-19?. The first-order valence-corrected chi connectivity index (χ1v) is 10.9. The second kappa shape index (κ2) is 9.06. The molecule has 0 spiro atoms. The first-order chi connectivity index (χ1) is 15.0. The highest BCUT2D eigenvalue weighted by molar-refractivity contribution is 7.13. The molecule has 0 radical (unpaired) electrons. The van der Waals surface area contributed by atoms with Crippen molar-refractivity contribution in [3.63, 3.8) is 0 Å². The van der Waals surface area contributed by atoms with Crippen molar-refractivity contribution >= 4 is 44.4 Å². The van der Waals surface area contributed by atoms with Crippen LogP contribution < -0.4 is 5.32 Å². The van der Waals surface area contributed by atoms with E-state index in [4.69, 9.17) is 4.99 Å². The molecule has 154 valence electrons. The number of carbonyl (C=O) groups is 1. The molecule has 3 aromatic carbocycles. The summed E-state index contributed by atoms with van der Waals surface area (Å²) in [6.07, 6.45) is 1.67. The number of aromatic nitrogens is 1. The Morgan fingerprint density at radius 3 is 2.45 bits per heavy atom. The van der Waals surface area contributed by atoms with E-state index in [1.165, 1.54) is 16.9 Å². The molecule has 0 bridgehead atoms. The number of aryl methyl sites for hydroxylation is 1. The van der Waals surface area contributed by atoms with Gasteiger partial charge in [0, 0.05) is 22.9 Å². The highest BCUT2D eigenvalue weighted by Gasteiger charge is 2.16. The van der Waals surface area contributed by atoms with Crippen molar-refractivity contribution in [2.75, 3.05) is 5.32 Å². The quantitative estimate of drug-likeness (QED) is 0.294. The fraction of sp³-hybridized carbons (Fsp3) is 0.115. The fourth-order valence-corrected chi connectivity index (χ4v) is 3.98. The van der Waals surface area contributed by atoms with Crippen LogP contribution in [0.3, 0.4) is 0 Å². The number of fused-ring (bicyclic) bond motifs is 1. The van der Waals surface area contributed by atoms with E-state index in [-0.39, 0.29) is 5.91 Å². The average Bonchev–Trinajstić information content (AvgIpc) is 3.30. The average molecular weight is 426 g/mol. The molecule has 0 atom stereocenters. The van der Waals surface area contributed by atoms with Gasteiger partial charge in [-0.15, -0.1) is 11.3 Å². The molecule has 0 unspecified atom stereocenters. The van der Waals surface area contributed by atoms with Gasteiger partial charge < -0.3 is 0 Å². The highest BCUT2D eigenvalue weighted by Crippen LogP contribution is 2.25. The van der Waals surface area contributed by atoms with E-state index in [1.807, 2.05) is 74.7 Å². The van der Waals surface area contributed by atoms with Gasteiger partial charge in [-0.05, 0) is 42.7 Å². The maximum atomic E-state index is 13.2. The van der Waals surface area contributed by atoms with E-state index in [2.05, 4.69) is 28.5 Å². The Bertz CT molecular complexity index is 1280. The number of amides is 1. The second-order valence-corrected chi connectivity index (χ2v) is 8.25. The summed E-state index contributed by atoms with van der Waals surface area (Å²) in [6, 6.07) is 22.4. The Balaban J connectivity index is 1.82. The smallest absolute Gasteiger partial charge is 0.276 e. The minimum Gasteiger partial charge on any atom is -0.296 e. The third kappa shape index (κ3) is 4.62. The number of anilines is 1. The van der Waals surface area contributed by atoms with E-state index in [1.54, 1.807) is 6.20 Å². The fourth-order valence-electron chi connectivity index (χ4n) is 3.46. The molecule has 1 amide bonds. The molecule has 4 rings (SSSR count). The molecule has 1 aromatic heterocycles. The minimum atomic E-state index is -0.271. The summed E-state index contributed by atoms with van der Waals surface area (Å²) in [5, 5.41) is 7.52. The molecule has 0 aliphatic rings. The highest BCUT2D eigenvalue weighted by atomic mass is 32.1. The second-order valence-electron chi connectivity index (χ2n) is 7.35. The summed E-state index contributed by atoms with van der Waals surface area (Å²) >= 11 is 1.38. The van der Waals surface area contributed by atoms with Gasteiger partial charge in [0.05, 0.1) is 0 Å². The van der Waals surface area contributed by atoms with Crippen LogP contribution in [-0.2, 0) is 4.79 Å². The van der Waals surface area contributed by atoms with Gasteiger partial charge >= 0.3 is 0 Å². The van der Waals surface area contributed by atoms with Crippen LogP contribution in [0.5, 0.6) is 0 Å². The molecule has 0 saturated heterocycles. The van der Waals surface area contributed by atoms with E-state index in [9.17, 15) is 4.79 Å². The van der Waals surface area contributed by atoms with Gasteiger partial charge in [-0.25, -0.2) is 9.98 Å². The molecular formula is C26H23N3OS. The number of rotatable bonds is 5. The number of hydrogen-bond donors (Lipinski definition) is 1. The monoisotopic (exact) mass is 425 g/mol. The van der Waals surface area contributed by atoms with Gasteiger partial charge in [0.25, 0.3) is 5.91 Å². The lowest BCUT2D eigenvalue weighted by atomic mass is 10.0. The lowest BCUT2D eigenvalue weighted by Gasteiger charge is -2.12. The summed E-state index contributed by atoms with van der Waals surface area (Å²) in [5.41, 5.74) is 5.12. The van der Waals surface area contributed by atoms with Gasteiger partial charge in [0.1, 0.15) is 5.70 Å². The third-order valence-corrected chi connectivity index (χ3v) is 5.86. The van der Waals surface area contributed by atoms with Crippen molar-refractivity contribution in [3.8, 4) is 0 Å². The van der Waals surface area contributed by atoms with Crippen LogP contribution in [0.4, 0.5) is 5.13 Å². The van der Waals surface area contributed by atoms with Crippen LogP contribution in [0.2, 0.25) is 0 Å². The number of allylic oxidation sites excluding steroid dienone is 1. The first-order valence-electron chi connectivity index (χ1n) is 10.0. The van der Waals surface area contributed by atoms with Gasteiger partial charge in [-0.1, -0.05) is 72.3 Å². The number of thiazole rings is 1. The lowest BCUT2D eigenvalue weighted by molar-refractivity contribution is -0.112. The van der Waals surface area contributed by atoms with Crippen LogP contribution in [0.15, 0.2) is 89.0 Å². The normalized spacial score (nSPS) is 12.5. The molecule has 4 nitrogen and oxygen atoms in total. The van der Waals surface area contributed by atoms with E-state index in [0.717, 1.165) is 33.2 Å². The number of aliphatic imine (C=N–C) groups is 1. The van der Waals surface area contributed by atoms with Crippen molar-refractivity contribution in [1.82, 2.24) is 4.98 Å². The van der Waals surface area contributed by atoms with Crippen molar-refractivity contribution in [2.45, 2.75) is 20.8 Å². The maximum Gasteiger partial charge on any atom is 0.276 e. The number of nitrogens with zero attached hydrogens (tertiary/aromatic N) is 2. The zero-order chi connectivity index (χ0) is 21.8. The van der Waals surface area contributed by atoms with Crippen LogP contribution in [0.25, 0.3) is 16.3 Å². The largest absolute Gasteiger partial charge is 0.296 e. The van der Waals surface area contributed by atoms with Crippen LogP contribution in [-0.4, -0.2) is 16.6 Å². The van der Waals surface area contributed by atoms with Crippen molar-refractivity contribution < 1.29 is 4.79 Å². The molecule has 5 heteroatoms. The number of nitrogens with one attached hydrogen (secondary N) is 1. The minimum absolute atomic E-state index is 0.271. The Morgan fingerprint density at radius 1 is 0.968 bits per heavy atom. The Morgan fingerprint density at radius 2 is 1.71 bits per heavy atom. The van der Waals surface area contributed by atoms with Gasteiger partial charge in [0.2, 0.25) is 0 Å². The number of benzene rings is 3. The van der Waals surface area contributed by atoms with Gasteiger partial charge in [-0.2, -0.15) is 0 Å². The molecule has 0 fully saturated rings. The zero-order valence-electron chi connectivity index (χ0n) is 17.7. The Hall–Kier alpha value is -3.57. The molecular weight excluding hydrogens is 402 g/mol. The van der Waals surface area contributed by atoms with E-state index in [0.29, 0.717) is 10.8 Å². The summed E-state index contributed by atoms with van der Waals surface area (Å²) in [5.74, 6) is -0.271. The number of carbonyl (C=O) groups excluding carboxylic acids is 1. The van der Waals surface area contributed by atoms with E-state index < -0.39 is 0 Å². The Labute approximate surface area is 186 Å². The Kier molecular flexibility index (Phi) is 6.05. The maximum absolute atomic E-state index is 13.2. The van der Waals surface area contributed by atoms with Crippen molar-refractivity contribution in [2.24, 2.45) is 4.99 Å². The molecule has 1 heterocycles. The summed E-state index contributed by atoms with van der Waals surface area (Å²) in [7, 11) is 0. The summed E-state index contributed by atoms with van der Waals surface area (Å²) < 4.78 is 0. The van der Waals surface area contributed by atoms with Gasteiger partial charge in [-0.3, -0.25) is 10.1 Å². The SMILES string of the molecule is CC(=N/C(C(=O)Nc1nccs1)=C(\C)c1ccc(C)cc1)c1cccc2ccccc12. The summed E-state index contributed by atoms with van der Waals surface area (Å²) in [6.45, 7) is 5.92. The van der Waals surface area contributed by atoms with Crippen LogP contribution in [0.1, 0.15) is 30.5 Å². The third-order valence-electron chi connectivity index (χ3n) is 5.17. The van der Waals surface area contributed by atoms with Crippen molar-refractivity contribution in [1.29, 1.82) is 0 Å². The summed E-state index contributed by atoms with van der Waals surface area (Å²) in [4.78, 5) is 22.2. The molecule has 0 saturated carbocycles. The first kappa shape index (κ1) is 20.7. The zero-order valence-corrected chi connectivity index (χ0v) is 18.5. The molecule has 0 aliphatic carbocycles. The topological polar surface area (TPSA) is 54.4 Å². The van der Waals surface area contributed by atoms with Crippen molar-refractivity contribution in [3.05, 3.63) is 101 Å². The predicted octanol–water partition coefficient (Wildman–Crippen LogP) is 6.48. The number of hydrogen-bond acceptors (Lipinski definition) is 4. The molecule has 31 heavy (non-hydrogen) atoms.